The van der Waals surface area contributed by atoms with E-state index < -0.39 is 0 Å². The average Bonchev–Trinajstić information content (AvgIpc) is 3.21. The number of carbonyl (C=O) groups excluding carboxylic acids is 1. The molecule has 0 radical (unpaired) electrons. The third kappa shape index (κ3) is 2.57. The van der Waals surface area contributed by atoms with Crippen molar-refractivity contribution in [1.29, 1.82) is 0 Å². The zero-order chi connectivity index (χ0) is 16.7. The summed E-state index contributed by atoms with van der Waals surface area (Å²) in [6, 6.07) is 9.65. The van der Waals surface area contributed by atoms with Crippen molar-refractivity contribution in [2.75, 3.05) is 13.1 Å². The van der Waals surface area contributed by atoms with Crippen LogP contribution in [0.4, 0.5) is 0 Å². The van der Waals surface area contributed by atoms with Crippen molar-refractivity contribution in [3.05, 3.63) is 56.7 Å². The fraction of sp³-hybridized carbons (Fsp3) is 0.333. The van der Waals surface area contributed by atoms with E-state index in [9.17, 15) is 9.59 Å². The minimum Gasteiger partial charge on any atom is -0.408 e. The maximum absolute atomic E-state index is 12.4. The van der Waals surface area contributed by atoms with Crippen LogP contribution in [0.3, 0.4) is 0 Å². The Morgan fingerprint density at radius 3 is 2.75 bits per heavy atom. The number of piperidine rings is 1. The summed E-state index contributed by atoms with van der Waals surface area (Å²) >= 11 is 1.47. The van der Waals surface area contributed by atoms with Crippen LogP contribution in [0.2, 0.25) is 0 Å². The molecule has 2 aromatic heterocycles. The molecule has 0 atom stereocenters. The van der Waals surface area contributed by atoms with Crippen molar-refractivity contribution >= 4 is 28.3 Å². The van der Waals surface area contributed by atoms with Gasteiger partial charge in [-0.15, -0.1) is 11.3 Å². The highest BCUT2D eigenvalue weighted by molar-refractivity contribution is 7.12. The second kappa shape index (κ2) is 5.94. The summed E-state index contributed by atoms with van der Waals surface area (Å²) in [7, 11) is 0. The van der Waals surface area contributed by atoms with Gasteiger partial charge in [-0.1, -0.05) is 12.1 Å². The Hall–Kier alpha value is -2.34. The van der Waals surface area contributed by atoms with Gasteiger partial charge in [0.25, 0.3) is 5.91 Å². The van der Waals surface area contributed by atoms with E-state index in [2.05, 4.69) is 0 Å². The van der Waals surface area contributed by atoms with E-state index >= 15 is 0 Å². The summed E-state index contributed by atoms with van der Waals surface area (Å²) in [6.07, 6.45) is 1.53. The van der Waals surface area contributed by atoms with E-state index in [1.807, 2.05) is 47.5 Å². The van der Waals surface area contributed by atoms with E-state index in [1.165, 1.54) is 11.3 Å². The number of aryl methyl sites for hydroxylation is 1. The van der Waals surface area contributed by atoms with Crippen LogP contribution in [0.5, 0.6) is 0 Å². The molecule has 3 aromatic rings. The molecule has 4 rings (SSSR count). The molecule has 0 spiro atoms. The molecule has 5 nitrogen and oxygen atoms in total. The lowest BCUT2D eigenvalue weighted by Crippen LogP contribution is -2.40. The minimum atomic E-state index is -0.307. The lowest BCUT2D eigenvalue weighted by atomic mass is 10.0. The first kappa shape index (κ1) is 15.2. The van der Waals surface area contributed by atoms with Crippen LogP contribution in [0, 0.1) is 6.92 Å². The van der Waals surface area contributed by atoms with Gasteiger partial charge in [0, 0.05) is 19.1 Å². The van der Waals surface area contributed by atoms with Crippen LogP contribution in [0.15, 0.2) is 44.9 Å². The summed E-state index contributed by atoms with van der Waals surface area (Å²) in [6.45, 7) is 3.30. The molecule has 1 aromatic carbocycles. The maximum Gasteiger partial charge on any atom is 0.420 e. The molecule has 0 N–H and O–H groups in total. The van der Waals surface area contributed by atoms with Gasteiger partial charge in [0.15, 0.2) is 5.58 Å². The highest BCUT2D eigenvalue weighted by Crippen LogP contribution is 2.27. The van der Waals surface area contributed by atoms with Crippen molar-refractivity contribution in [2.45, 2.75) is 25.8 Å². The molecule has 24 heavy (non-hydrogen) atoms. The third-order valence-electron chi connectivity index (χ3n) is 4.62. The van der Waals surface area contributed by atoms with Gasteiger partial charge >= 0.3 is 5.76 Å². The highest BCUT2D eigenvalue weighted by atomic mass is 32.1. The van der Waals surface area contributed by atoms with Crippen LogP contribution < -0.4 is 5.76 Å². The topological polar surface area (TPSA) is 55.5 Å². The number of benzene rings is 1. The molecule has 3 heterocycles. The standard InChI is InChI=1S/C18H18N2O3S/c1-12-4-5-14-15(11-12)23-18(22)20(14)13-6-8-19(9-7-13)17(21)16-3-2-10-24-16/h2-5,10-11,13H,6-9H2,1H3. The van der Waals surface area contributed by atoms with E-state index in [0.29, 0.717) is 18.7 Å². The number of rotatable bonds is 2. The average molecular weight is 342 g/mol. The number of carbonyl (C=O) groups is 1. The first-order chi connectivity index (χ1) is 11.6. The Bertz CT molecular complexity index is 931. The van der Waals surface area contributed by atoms with Crippen LogP contribution >= 0.6 is 11.3 Å². The lowest BCUT2D eigenvalue weighted by Gasteiger charge is -2.32. The second-order valence-electron chi connectivity index (χ2n) is 6.21. The van der Waals surface area contributed by atoms with Gasteiger partial charge in [0.05, 0.1) is 10.4 Å². The molecule has 124 valence electrons. The van der Waals surface area contributed by atoms with Gasteiger partial charge in [0.2, 0.25) is 0 Å². The molecule has 1 aliphatic rings. The van der Waals surface area contributed by atoms with Gasteiger partial charge in [-0.05, 0) is 48.9 Å². The highest BCUT2D eigenvalue weighted by Gasteiger charge is 2.27. The molecule has 0 bridgehead atoms. The normalized spacial score (nSPS) is 16.0. The summed E-state index contributed by atoms with van der Waals surface area (Å²) in [5, 5.41) is 1.92. The molecule has 1 fully saturated rings. The minimum absolute atomic E-state index is 0.0776. The summed E-state index contributed by atoms with van der Waals surface area (Å²) < 4.78 is 7.15. The number of aromatic nitrogens is 1. The SMILES string of the molecule is Cc1ccc2c(c1)oc(=O)n2C1CCN(C(=O)c2cccs2)CC1. The molecule has 1 aliphatic heterocycles. The van der Waals surface area contributed by atoms with Crippen molar-refractivity contribution in [1.82, 2.24) is 9.47 Å². The number of fused-ring (bicyclic) bond motifs is 1. The Morgan fingerprint density at radius 1 is 1.25 bits per heavy atom. The van der Waals surface area contributed by atoms with E-state index in [1.54, 1.807) is 4.57 Å². The number of likely N-dealkylation sites (tertiary alicyclic amines) is 1. The van der Waals surface area contributed by atoms with Crippen LogP contribution in [-0.4, -0.2) is 28.5 Å². The van der Waals surface area contributed by atoms with Crippen LogP contribution in [-0.2, 0) is 0 Å². The number of hydrogen-bond acceptors (Lipinski definition) is 4. The largest absolute Gasteiger partial charge is 0.420 e. The van der Waals surface area contributed by atoms with Crippen molar-refractivity contribution < 1.29 is 9.21 Å². The smallest absolute Gasteiger partial charge is 0.408 e. The quantitative estimate of drug-likeness (QED) is 0.717. The summed E-state index contributed by atoms with van der Waals surface area (Å²) in [5.74, 6) is -0.220. The van der Waals surface area contributed by atoms with Gasteiger partial charge in [-0.25, -0.2) is 4.79 Å². The zero-order valence-corrected chi connectivity index (χ0v) is 14.2. The second-order valence-corrected chi connectivity index (χ2v) is 7.16. The predicted molar refractivity (Wildman–Crippen MR) is 93.7 cm³/mol. The Morgan fingerprint density at radius 2 is 2.04 bits per heavy atom. The summed E-state index contributed by atoms with van der Waals surface area (Å²) in [5.41, 5.74) is 2.55. The van der Waals surface area contributed by atoms with Crippen molar-refractivity contribution in [3.63, 3.8) is 0 Å². The van der Waals surface area contributed by atoms with E-state index in [4.69, 9.17) is 4.42 Å². The van der Waals surface area contributed by atoms with Crippen molar-refractivity contribution in [2.24, 2.45) is 0 Å². The molecule has 0 aliphatic carbocycles. The number of hydrogen-bond donors (Lipinski definition) is 0. The fourth-order valence-corrected chi connectivity index (χ4v) is 4.06. The van der Waals surface area contributed by atoms with E-state index in [0.717, 1.165) is 28.8 Å². The molecule has 1 saturated heterocycles. The number of oxazole rings is 1. The zero-order valence-electron chi connectivity index (χ0n) is 13.4. The maximum atomic E-state index is 12.4. The molecule has 1 amide bonds. The van der Waals surface area contributed by atoms with Gasteiger partial charge in [0.1, 0.15) is 0 Å². The Kier molecular flexibility index (Phi) is 3.76. The van der Waals surface area contributed by atoms with Gasteiger partial charge in [-0.2, -0.15) is 0 Å². The molecular formula is C18H18N2O3S. The fourth-order valence-electron chi connectivity index (χ4n) is 3.37. The lowest BCUT2D eigenvalue weighted by molar-refractivity contribution is 0.0698. The number of thiophene rings is 1. The Labute approximate surface area is 143 Å². The molecule has 0 unspecified atom stereocenters. The van der Waals surface area contributed by atoms with E-state index in [-0.39, 0.29) is 17.7 Å². The first-order valence-electron chi connectivity index (χ1n) is 8.08. The van der Waals surface area contributed by atoms with Crippen LogP contribution in [0.25, 0.3) is 11.1 Å². The van der Waals surface area contributed by atoms with Crippen molar-refractivity contribution in [3.8, 4) is 0 Å². The Balaban J connectivity index is 1.55. The number of nitrogens with zero attached hydrogens (tertiary/aromatic N) is 2. The first-order valence-corrected chi connectivity index (χ1v) is 8.96. The number of amides is 1. The molecular weight excluding hydrogens is 324 g/mol. The monoisotopic (exact) mass is 342 g/mol. The molecule has 0 saturated carbocycles. The van der Waals surface area contributed by atoms with Crippen LogP contribution in [0.1, 0.15) is 34.1 Å². The molecule has 6 heteroatoms. The third-order valence-corrected chi connectivity index (χ3v) is 5.48. The van der Waals surface area contributed by atoms with Gasteiger partial charge < -0.3 is 9.32 Å². The predicted octanol–water partition coefficient (Wildman–Crippen LogP) is 3.44. The summed E-state index contributed by atoms with van der Waals surface area (Å²) in [4.78, 5) is 27.3. The van der Waals surface area contributed by atoms with Gasteiger partial charge in [-0.3, -0.25) is 9.36 Å².